The predicted octanol–water partition coefficient (Wildman–Crippen LogP) is 3.47. The van der Waals surface area contributed by atoms with Crippen molar-refractivity contribution in [2.24, 2.45) is 0 Å². The molecule has 0 bridgehead atoms. The number of aromatic nitrogens is 2. The van der Waals surface area contributed by atoms with E-state index in [2.05, 4.69) is 10.4 Å². The van der Waals surface area contributed by atoms with E-state index in [0.29, 0.717) is 16.3 Å². The van der Waals surface area contributed by atoms with E-state index in [4.69, 9.17) is 16.3 Å². The molecule has 30 heavy (non-hydrogen) atoms. The lowest BCUT2D eigenvalue weighted by Crippen LogP contribution is -2.30. The molecule has 0 aliphatic rings. The summed E-state index contributed by atoms with van der Waals surface area (Å²) < 4.78 is 6.15. The van der Waals surface area contributed by atoms with Crippen molar-refractivity contribution in [1.82, 2.24) is 15.1 Å². The number of nitro benzene ring substituents is 1. The minimum absolute atomic E-state index is 0.0440. The molecule has 1 aromatic heterocycles. The second-order valence-electron chi connectivity index (χ2n) is 6.30. The summed E-state index contributed by atoms with van der Waals surface area (Å²) in [5, 5.41) is 18.2. The van der Waals surface area contributed by atoms with Crippen LogP contribution in [-0.4, -0.2) is 33.7 Å². The quantitative estimate of drug-likeness (QED) is 0.350. The van der Waals surface area contributed by atoms with E-state index in [9.17, 15) is 19.7 Å². The fourth-order valence-corrected chi connectivity index (χ4v) is 2.87. The number of non-ortho nitro benzene ring substituents is 1. The lowest BCUT2D eigenvalue weighted by molar-refractivity contribution is -0.384. The topological polar surface area (TPSA) is 116 Å². The number of esters is 1. The first kappa shape index (κ1) is 21.0. The first-order chi connectivity index (χ1) is 14.4. The van der Waals surface area contributed by atoms with Crippen molar-refractivity contribution in [1.29, 1.82) is 0 Å². The number of methoxy groups -OCH3 is 1. The average molecular weight is 429 g/mol. The Labute approximate surface area is 176 Å². The van der Waals surface area contributed by atoms with Gasteiger partial charge < -0.3 is 10.1 Å². The predicted molar refractivity (Wildman–Crippen MR) is 109 cm³/mol. The summed E-state index contributed by atoms with van der Waals surface area (Å²) >= 11 is 5.91. The van der Waals surface area contributed by atoms with Gasteiger partial charge >= 0.3 is 5.97 Å². The van der Waals surface area contributed by atoms with Gasteiger partial charge in [-0.3, -0.25) is 19.7 Å². The van der Waals surface area contributed by atoms with Gasteiger partial charge in [0.15, 0.2) is 0 Å². The van der Waals surface area contributed by atoms with Gasteiger partial charge in [-0.15, -0.1) is 0 Å². The van der Waals surface area contributed by atoms with Gasteiger partial charge in [0.25, 0.3) is 11.6 Å². The standard InChI is InChI=1S/C20H17ClN4O5/c1-30-19(26)10-18(13-2-4-15(21)5-3-13)23-20(27)14-11-22-24(12-14)16-6-8-17(9-7-16)25(28)29/h2-9,11-12,18H,10H2,1H3,(H,23,27). The van der Waals surface area contributed by atoms with Crippen LogP contribution in [0.4, 0.5) is 5.69 Å². The molecule has 2 aromatic carbocycles. The summed E-state index contributed by atoms with van der Waals surface area (Å²) in [6.07, 6.45) is 2.81. The number of carbonyl (C=O) groups is 2. The zero-order valence-electron chi connectivity index (χ0n) is 15.8. The number of hydrogen-bond acceptors (Lipinski definition) is 6. The molecule has 0 aliphatic heterocycles. The number of ether oxygens (including phenoxy) is 1. The number of amides is 1. The molecule has 1 atom stereocenters. The van der Waals surface area contributed by atoms with Crippen LogP contribution in [0.5, 0.6) is 0 Å². The van der Waals surface area contributed by atoms with Crippen LogP contribution < -0.4 is 5.32 Å². The lowest BCUT2D eigenvalue weighted by atomic mass is 10.0. The summed E-state index contributed by atoms with van der Waals surface area (Å²) in [5.41, 5.74) is 1.47. The maximum Gasteiger partial charge on any atom is 0.307 e. The highest BCUT2D eigenvalue weighted by atomic mass is 35.5. The number of benzene rings is 2. The summed E-state index contributed by atoms with van der Waals surface area (Å²) in [4.78, 5) is 34.8. The van der Waals surface area contributed by atoms with Gasteiger partial charge in [0.05, 0.1) is 41.9 Å². The minimum Gasteiger partial charge on any atom is -0.469 e. The fraction of sp³-hybridized carbons (Fsp3) is 0.150. The van der Waals surface area contributed by atoms with Crippen LogP contribution in [0.2, 0.25) is 5.02 Å². The van der Waals surface area contributed by atoms with Crippen molar-refractivity contribution in [3.63, 3.8) is 0 Å². The van der Waals surface area contributed by atoms with Crippen LogP contribution in [0, 0.1) is 10.1 Å². The van der Waals surface area contributed by atoms with Crippen molar-refractivity contribution in [3.05, 3.63) is 87.2 Å². The van der Waals surface area contributed by atoms with Crippen molar-refractivity contribution in [2.75, 3.05) is 7.11 Å². The molecule has 10 heteroatoms. The van der Waals surface area contributed by atoms with Crippen LogP contribution >= 0.6 is 11.6 Å². The monoisotopic (exact) mass is 428 g/mol. The largest absolute Gasteiger partial charge is 0.469 e. The van der Waals surface area contributed by atoms with Gasteiger partial charge in [-0.25, -0.2) is 4.68 Å². The molecule has 3 aromatic rings. The third kappa shape index (κ3) is 5.00. The highest BCUT2D eigenvalue weighted by molar-refractivity contribution is 6.30. The summed E-state index contributed by atoms with van der Waals surface area (Å²) in [7, 11) is 1.28. The zero-order valence-corrected chi connectivity index (χ0v) is 16.6. The maximum absolute atomic E-state index is 12.7. The maximum atomic E-state index is 12.7. The van der Waals surface area contributed by atoms with Gasteiger partial charge in [-0.1, -0.05) is 23.7 Å². The van der Waals surface area contributed by atoms with E-state index >= 15 is 0 Å². The number of hydrogen-bond donors (Lipinski definition) is 1. The Kier molecular flexibility index (Phi) is 6.43. The SMILES string of the molecule is COC(=O)CC(NC(=O)c1cnn(-c2ccc([N+](=O)[O-])cc2)c1)c1ccc(Cl)cc1. The fourth-order valence-electron chi connectivity index (χ4n) is 2.75. The molecule has 154 valence electrons. The van der Waals surface area contributed by atoms with E-state index in [0.717, 1.165) is 0 Å². The Hall–Kier alpha value is -3.72. The molecular formula is C20H17ClN4O5. The van der Waals surface area contributed by atoms with Crippen molar-refractivity contribution in [2.45, 2.75) is 12.5 Å². The highest BCUT2D eigenvalue weighted by Gasteiger charge is 2.21. The Morgan fingerprint density at radius 2 is 1.87 bits per heavy atom. The van der Waals surface area contributed by atoms with E-state index < -0.39 is 22.8 Å². The van der Waals surface area contributed by atoms with Gasteiger partial charge in [0.2, 0.25) is 0 Å². The van der Waals surface area contributed by atoms with Crippen LogP contribution in [-0.2, 0) is 9.53 Å². The Morgan fingerprint density at radius 3 is 2.47 bits per heavy atom. The molecule has 0 aliphatic carbocycles. The third-order valence-corrected chi connectivity index (χ3v) is 4.60. The minimum atomic E-state index is -0.620. The van der Waals surface area contributed by atoms with Crippen molar-refractivity contribution >= 4 is 29.2 Å². The number of rotatable bonds is 7. The molecule has 0 fully saturated rings. The molecule has 0 radical (unpaired) electrons. The van der Waals surface area contributed by atoms with Crippen molar-refractivity contribution in [3.8, 4) is 5.69 Å². The van der Waals surface area contributed by atoms with E-state index in [1.807, 2.05) is 0 Å². The first-order valence-corrected chi connectivity index (χ1v) is 9.18. The van der Waals surface area contributed by atoms with Gasteiger partial charge in [-0.2, -0.15) is 5.10 Å². The number of nitrogens with one attached hydrogen (secondary N) is 1. The molecule has 9 nitrogen and oxygen atoms in total. The van der Waals surface area contributed by atoms with E-state index in [1.165, 1.54) is 48.5 Å². The van der Waals surface area contributed by atoms with Gasteiger partial charge in [0, 0.05) is 23.4 Å². The number of halogens is 1. The van der Waals surface area contributed by atoms with Crippen molar-refractivity contribution < 1.29 is 19.2 Å². The zero-order chi connectivity index (χ0) is 21.7. The second kappa shape index (κ2) is 9.19. The molecule has 0 spiro atoms. The smallest absolute Gasteiger partial charge is 0.307 e. The van der Waals surface area contributed by atoms with Crippen LogP contribution in [0.15, 0.2) is 60.9 Å². The molecule has 1 amide bonds. The molecule has 0 saturated carbocycles. The summed E-state index contributed by atoms with van der Waals surface area (Å²) in [5.74, 6) is -0.913. The molecule has 0 saturated heterocycles. The average Bonchev–Trinajstić information content (AvgIpc) is 3.24. The molecule has 1 heterocycles. The Bertz CT molecular complexity index is 1060. The molecular weight excluding hydrogens is 412 g/mol. The Balaban J connectivity index is 1.78. The first-order valence-electron chi connectivity index (χ1n) is 8.80. The van der Waals surface area contributed by atoms with Crippen LogP contribution in [0.25, 0.3) is 5.69 Å². The molecule has 1 N–H and O–H groups in total. The summed E-state index contributed by atoms with van der Waals surface area (Å²) in [6.45, 7) is 0. The molecule has 3 rings (SSSR count). The number of nitrogens with zero attached hydrogens (tertiary/aromatic N) is 3. The third-order valence-electron chi connectivity index (χ3n) is 4.35. The number of nitro groups is 1. The number of carbonyl (C=O) groups excluding carboxylic acids is 2. The van der Waals surface area contributed by atoms with Gasteiger partial charge in [0.1, 0.15) is 0 Å². The summed E-state index contributed by atoms with van der Waals surface area (Å²) in [6, 6.07) is 11.9. The second-order valence-corrected chi connectivity index (χ2v) is 6.74. The normalized spacial score (nSPS) is 11.5. The van der Waals surface area contributed by atoms with Gasteiger partial charge in [-0.05, 0) is 29.8 Å². The van der Waals surface area contributed by atoms with E-state index in [1.54, 1.807) is 24.3 Å². The van der Waals surface area contributed by atoms with E-state index in [-0.39, 0.29) is 17.7 Å². The highest BCUT2D eigenvalue weighted by Crippen LogP contribution is 2.21. The van der Waals surface area contributed by atoms with Crippen LogP contribution in [0.3, 0.4) is 0 Å². The Morgan fingerprint density at radius 1 is 1.20 bits per heavy atom. The lowest BCUT2D eigenvalue weighted by Gasteiger charge is -2.18. The van der Waals surface area contributed by atoms with Crippen LogP contribution in [0.1, 0.15) is 28.4 Å². The molecule has 1 unspecified atom stereocenters.